The molecule has 0 radical (unpaired) electrons. The highest BCUT2D eigenvalue weighted by atomic mass is 32.2. The van der Waals surface area contributed by atoms with Crippen LogP contribution in [0.25, 0.3) is 0 Å². The van der Waals surface area contributed by atoms with Crippen molar-refractivity contribution in [3.8, 4) is 6.07 Å². The number of carbonyl (C=O) groups excluding carboxylic acids is 1. The Morgan fingerprint density at radius 3 is 2.50 bits per heavy atom. The first-order valence-electron chi connectivity index (χ1n) is 11.6. The molecular weight excluding hydrogens is 420 g/mol. The van der Waals surface area contributed by atoms with Crippen LogP contribution in [0.4, 0.5) is 0 Å². The van der Waals surface area contributed by atoms with Gasteiger partial charge in [0, 0.05) is 7.05 Å². The van der Waals surface area contributed by atoms with Crippen molar-refractivity contribution in [2.75, 3.05) is 25.9 Å². The van der Waals surface area contributed by atoms with Gasteiger partial charge < -0.3 is 9.47 Å². The van der Waals surface area contributed by atoms with Crippen molar-refractivity contribution in [1.82, 2.24) is 24.6 Å². The molecule has 32 heavy (non-hydrogen) atoms. The molecule has 2 aliphatic rings. The number of nitrogens with zero attached hydrogens (tertiary/aromatic N) is 6. The fourth-order valence-corrected chi connectivity index (χ4v) is 5.60. The van der Waals surface area contributed by atoms with Gasteiger partial charge in [-0.15, -0.1) is 10.2 Å². The zero-order chi connectivity index (χ0) is 22.4. The first kappa shape index (κ1) is 22.8. The van der Waals surface area contributed by atoms with E-state index in [2.05, 4.69) is 37.9 Å². The molecule has 0 unspecified atom stereocenters. The van der Waals surface area contributed by atoms with E-state index in [-0.39, 0.29) is 11.7 Å². The minimum atomic E-state index is -0.658. The van der Waals surface area contributed by atoms with Crippen LogP contribution >= 0.6 is 11.8 Å². The zero-order valence-electron chi connectivity index (χ0n) is 18.9. The number of aromatic nitrogens is 3. The van der Waals surface area contributed by atoms with Gasteiger partial charge in [-0.1, -0.05) is 61.4 Å². The number of carbonyl (C=O) groups is 1. The van der Waals surface area contributed by atoms with Gasteiger partial charge >= 0.3 is 0 Å². The number of hydrogen-bond acceptors (Lipinski definition) is 6. The fourth-order valence-electron chi connectivity index (χ4n) is 4.73. The number of likely N-dealkylation sites (tertiary alicyclic amines) is 1. The second kappa shape index (κ2) is 10.5. The molecule has 1 amide bonds. The minimum Gasteiger partial charge on any atom is -0.326 e. The Morgan fingerprint density at radius 1 is 1.09 bits per heavy atom. The molecule has 2 heterocycles. The first-order valence-corrected chi connectivity index (χ1v) is 12.6. The van der Waals surface area contributed by atoms with Crippen LogP contribution in [-0.2, 0) is 17.9 Å². The molecule has 0 N–H and O–H groups in total. The first-order chi connectivity index (χ1) is 15.6. The van der Waals surface area contributed by atoms with Crippen molar-refractivity contribution in [2.24, 2.45) is 0 Å². The molecular formula is C24H32N6OS. The van der Waals surface area contributed by atoms with Gasteiger partial charge in [-0.05, 0) is 44.3 Å². The van der Waals surface area contributed by atoms with E-state index in [4.69, 9.17) is 0 Å². The van der Waals surface area contributed by atoms with Gasteiger partial charge in [0.25, 0.3) is 0 Å². The van der Waals surface area contributed by atoms with Crippen LogP contribution in [0.2, 0.25) is 0 Å². The van der Waals surface area contributed by atoms with Crippen molar-refractivity contribution in [3.05, 3.63) is 41.7 Å². The Kier molecular flexibility index (Phi) is 7.48. The number of amides is 1. The highest BCUT2D eigenvalue weighted by molar-refractivity contribution is 7.99. The second-order valence-corrected chi connectivity index (χ2v) is 9.84. The van der Waals surface area contributed by atoms with Gasteiger partial charge in [-0.3, -0.25) is 9.69 Å². The third-order valence-electron chi connectivity index (χ3n) is 6.77. The normalized spacial score (nSPS) is 18.4. The average molecular weight is 453 g/mol. The molecule has 1 saturated heterocycles. The van der Waals surface area contributed by atoms with Gasteiger partial charge in [0.05, 0.1) is 24.9 Å². The molecule has 8 heteroatoms. The SMILES string of the molecule is CN(C(=O)CSc1nnc(CN2CCCC2)n1Cc1ccccc1)C1(C#N)CCCCC1. The Labute approximate surface area is 194 Å². The lowest BCUT2D eigenvalue weighted by atomic mass is 9.81. The summed E-state index contributed by atoms with van der Waals surface area (Å²) in [5.74, 6) is 1.19. The highest BCUT2D eigenvalue weighted by Crippen LogP contribution is 2.33. The van der Waals surface area contributed by atoms with Crippen molar-refractivity contribution in [3.63, 3.8) is 0 Å². The molecule has 4 rings (SSSR count). The summed E-state index contributed by atoms with van der Waals surface area (Å²) in [5, 5.41) is 19.5. The van der Waals surface area contributed by atoms with E-state index < -0.39 is 5.54 Å². The Morgan fingerprint density at radius 2 is 1.81 bits per heavy atom. The number of nitriles is 1. The quantitative estimate of drug-likeness (QED) is 0.569. The minimum absolute atomic E-state index is 0.0196. The predicted molar refractivity (Wildman–Crippen MR) is 125 cm³/mol. The molecule has 1 saturated carbocycles. The summed E-state index contributed by atoms with van der Waals surface area (Å²) < 4.78 is 2.15. The molecule has 1 aliphatic heterocycles. The van der Waals surface area contributed by atoms with E-state index in [1.54, 1.807) is 11.9 Å². The van der Waals surface area contributed by atoms with Crippen LogP contribution < -0.4 is 0 Å². The van der Waals surface area contributed by atoms with E-state index in [9.17, 15) is 10.1 Å². The van der Waals surface area contributed by atoms with Crippen molar-refractivity contribution < 1.29 is 4.79 Å². The van der Waals surface area contributed by atoms with Gasteiger partial charge in [0.15, 0.2) is 5.16 Å². The molecule has 7 nitrogen and oxygen atoms in total. The summed E-state index contributed by atoms with van der Waals surface area (Å²) in [5.41, 5.74) is 0.528. The second-order valence-electron chi connectivity index (χ2n) is 8.90. The number of thioether (sulfide) groups is 1. The molecule has 1 aromatic heterocycles. The van der Waals surface area contributed by atoms with Gasteiger partial charge in [0.2, 0.25) is 5.91 Å². The van der Waals surface area contributed by atoms with E-state index in [0.717, 1.165) is 62.7 Å². The van der Waals surface area contributed by atoms with Crippen LogP contribution in [0.5, 0.6) is 0 Å². The summed E-state index contributed by atoms with van der Waals surface area (Å²) in [6.07, 6.45) is 7.14. The predicted octanol–water partition coefficient (Wildman–Crippen LogP) is 3.70. The lowest BCUT2D eigenvalue weighted by Gasteiger charge is -2.39. The highest BCUT2D eigenvalue weighted by Gasteiger charge is 2.38. The Balaban J connectivity index is 1.47. The molecule has 0 bridgehead atoms. The maximum atomic E-state index is 13.0. The summed E-state index contributed by atoms with van der Waals surface area (Å²) in [6.45, 7) is 3.66. The van der Waals surface area contributed by atoms with E-state index in [1.807, 2.05) is 18.2 Å². The van der Waals surface area contributed by atoms with Crippen LogP contribution in [0.15, 0.2) is 35.5 Å². The van der Waals surface area contributed by atoms with Gasteiger partial charge in [-0.25, -0.2) is 0 Å². The largest absolute Gasteiger partial charge is 0.326 e. The molecule has 2 fully saturated rings. The van der Waals surface area contributed by atoms with E-state index in [1.165, 1.54) is 30.2 Å². The fraction of sp³-hybridized carbons (Fsp3) is 0.583. The van der Waals surface area contributed by atoms with Crippen LogP contribution in [0, 0.1) is 11.3 Å². The van der Waals surface area contributed by atoms with Crippen molar-refractivity contribution in [1.29, 1.82) is 5.26 Å². The van der Waals surface area contributed by atoms with E-state index >= 15 is 0 Å². The third-order valence-corrected chi connectivity index (χ3v) is 7.72. The lowest BCUT2D eigenvalue weighted by molar-refractivity contribution is -0.131. The third kappa shape index (κ3) is 5.16. The average Bonchev–Trinajstić information content (AvgIpc) is 3.49. The Hall–Kier alpha value is -2.37. The smallest absolute Gasteiger partial charge is 0.234 e. The summed E-state index contributed by atoms with van der Waals surface area (Å²) in [4.78, 5) is 17.1. The summed E-state index contributed by atoms with van der Waals surface area (Å²) >= 11 is 1.42. The van der Waals surface area contributed by atoms with E-state index in [0.29, 0.717) is 6.54 Å². The monoisotopic (exact) mass is 452 g/mol. The van der Waals surface area contributed by atoms with Gasteiger partial charge in [-0.2, -0.15) is 5.26 Å². The lowest BCUT2D eigenvalue weighted by Crippen LogP contribution is -2.50. The number of benzene rings is 1. The maximum absolute atomic E-state index is 13.0. The topological polar surface area (TPSA) is 78.1 Å². The maximum Gasteiger partial charge on any atom is 0.234 e. The standard InChI is InChI=1S/C24H32N6OS/c1-28(24(19-25)12-6-3-7-13-24)22(31)18-32-23-27-26-21(17-29-14-8-9-15-29)30(23)16-20-10-4-2-5-11-20/h2,4-5,10-11H,3,6-9,12-18H2,1H3. The number of hydrogen-bond donors (Lipinski definition) is 0. The molecule has 2 aromatic rings. The molecule has 1 aliphatic carbocycles. The molecule has 0 atom stereocenters. The van der Waals surface area contributed by atoms with Crippen molar-refractivity contribution in [2.45, 2.75) is 68.7 Å². The zero-order valence-corrected chi connectivity index (χ0v) is 19.7. The Bertz CT molecular complexity index is 941. The molecule has 170 valence electrons. The summed E-state index contributed by atoms with van der Waals surface area (Å²) in [7, 11) is 1.78. The van der Waals surface area contributed by atoms with Crippen LogP contribution in [0.1, 0.15) is 56.3 Å². The van der Waals surface area contributed by atoms with Crippen LogP contribution in [-0.4, -0.2) is 61.9 Å². The molecule has 0 spiro atoms. The van der Waals surface area contributed by atoms with Crippen LogP contribution in [0.3, 0.4) is 0 Å². The molecule has 1 aromatic carbocycles. The number of rotatable bonds is 8. The van der Waals surface area contributed by atoms with Crippen molar-refractivity contribution >= 4 is 17.7 Å². The summed E-state index contributed by atoms with van der Waals surface area (Å²) in [6, 6.07) is 12.7. The van der Waals surface area contributed by atoms with Gasteiger partial charge in [0.1, 0.15) is 11.4 Å².